The number of pyridine rings is 1. The first-order chi connectivity index (χ1) is 10.1. The van der Waals surface area contributed by atoms with E-state index >= 15 is 0 Å². The number of nitrogens with zero attached hydrogens (tertiary/aromatic N) is 2. The monoisotopic (exact) mass is 366 g/mol. The van der Waals surface area contributed by atoms with Crippen LogP contribution in [-0.4, -0.2) is 24.5 Å². The van der Waals surface area contributed by atoms with Crippen LogP contribution in [0.3, 0.4) is 0 Å². The van der Waals surface area contributed by atoms with Crippen LogP contribution in [0.4, 0.5) is 0 Å². The summed E-state index contributed by atoms with van der Waals surface area (Å²) < 4.78 is 32.5. The SMILES string of the molecule is COc1cncc2c1c(Br)cn2S(=O)(=O)c1ccccc1. The van der Waals surface area contributed by atoms with E-state index in [9.17, 15) is 8.42 Å². The number of hydrogen-bond donors (Lipinski definition) is 0. The number of benzene rings is 1. The zero-order valence-electron chi connectivity index (χ0n) is 11.0. The quantitative estimate of drug-likeness (QED) is 0.714. The zero-order valence-corrected chi connectivity index (χ0v) is 13.4. The van der Waals surface area contributed by atoms with Crippen molar-refractivity contribution in [3.8, 4) is 5.75 Å². The Hall–Kier alpha value is -1.86. The van der Waals surface area contributed by atoms with Gasteiger partial charge in [0.2, 0.25) is 0 Å². The van der Waals surface area contributed by atoms with Crippen LogP contribution >= 0.6 is 15.9 Å². The van der Waals surface area contributed by atoms with E-state index < -0.39 is 10.0 Å². The van der Waals surface area contributed by atoms with Gasteiger partial charge in [0.25, 0.3) is 10.0 Å². The number of aromatic nitrogens is 2. The van der Waals surface area contributed by atoms with Gasteiger partial charge in [0, 0.05) is 10.7 Å². The molecule has 0 atom stereocenters. The topological polar surface area (TPSA) is 61.2 Å². The molecule has 0 aliphatic rings. The molecule has 0 bridgehead atoms. The number of fused-ring (bicyclic) bond motifs is 1. The Labute approximate surface area is 130 Å². The number of hydrogen-bond acceptors (Lipinski definition) is 4. The molecule has 2 heterocycles. The Balaban J connectivity index is 2.32. The summed E-state index contributed by atoms with van der Waals surface area (Å²) in [5.74, 6) is 0.515. The Bertz CT molecular complexity index is 905. The summed E-state index contributed by atoms with van der Waals surface area (Å²) in [6.07, 6.45) is 4.56. The van der Waals surface area contributed by atoms with E-state index in [4.69, 9.17) is 4.74 Å². The molecule has 0 saturated heterocycles. The number of methoxy groups -OCH3 is 1. The summed E-state index contributed by atoms with van der Waals surface area (Å²) in [6.45, 7) is 0. The van der Waals surface area contributed by atoms with Crippen molar-refractivity contribution < 1.29 is 13.2 Å². The largest absolute Gasteiger partial charge is 0.494 e. The second kappa shape index (κ2) is 5.16. The molecule has 2 aromatic heterocycles. The standard InChI is InChI=1S/C14H11BrN2O3S/c1-20-13-8-16-7-12-14(13)11(15)9-17(12)21(18,19)10-5-3-2-4-6-10/h2-9H,1H3. The highest BCUT2D eigenvalue weighted by Gasteiger charge is 2.22. The van der Waals surface area contributed by atoms with Gasteiger partial charge in [-0.05, 0) is 28.1 Å². The smallest absolute Gasteiger partial charge is 0.268 e. The summed E-state index contributed by atoms with van der Waals surface area (Å²) in [7, 11) is -2.16. The third-order valence-electron chi connectivity index (χ3n) is 3.12. The fraction of sp³-hybridized carbons (Fsp3) is 0.0714. The minimum atomic E-state index is -3.68. The molecule has 108 valence electrons. The van der Waals surface area contributed by atoms with Crippen LogP contribution in [0.2, 0.25) is 0 Å². The molecule has 0 spiro atoms. The average molecular weight is 367 g/mol. The van der Waals surface area contributed by atoms with Gasteiger partial charge in [-0.3, -0.25) is 4.98 Å². The molecule has 0 aliphatic heterocycles. The molecule has 7 heteroatoms. The van der Waals surface area contributed by atoms with E-state index in [1.165, 1.54) is 23.5 Å². The summed E-state index contributed by atoms with van der Waals surface area (Å²) >= 11 is 3.38. The summed E-state index contributed by atoms with van der Waals surface area (Å²) in [4.78, 5) is 4.25. The lowest BCUT2D eigenvalue weighted by atomic mass is 10.3. The molecule has 0 amide bonds. The van der Waals surface area contributed by atoms with Crippen molar-refractivity contribution in [3.05, 3.63) is 53.4 Å². The minimum absolute atomic E-state index is 0.220. The van der Waals surface area contributed by atoms with Crippen molar-refractivity contribution in [3.63, 3.8) is 0 Å². The van der Waals surface area contributed by atoms with Crippen molar-refractivity contribution in [1.82, 2.24) is 8.96 Å². The average Bonchev–Trinajstić information content (AvgIpc) is 2.86. The Kier molecular flexibility index (Phi) is 3.46. The van der Waals surface area contributed by atoms with Crippen LogP contribution < -0.4 is 4.74 Å². The highest BCUT2D eigenvalue weighted by Crippen LogP contribution is 2.34. The Morgan fingerprint density at radius 2 is 1.90 bits per heavy atom. The van der Waals surface area contributed by atoms with Crippen LogP contribution in [0.1, 0.15) is 0 Å². The summed E-state index contributed by atoms with van der Waals surface area (Å²) in [5.41, 5.74) is 0.463. The molecule has 0 radical (unpaired) electrons. The van der Waals surface area contributed by atoms with Crippen LogP contribution in [0.25, 0.3) is 10.9 Å². The predicted octanol–water partition coefficient (Wildman–Crippen LogP) is 3.04. The number of ether oxygens (including phenoxy) is 1. The van der Waals surface area contributed by atoms with Crippen molar-refractivity contribution >= 4 is 36.9 Å². The van der Waals surface area contributed by atoms with Crippen molar-refractivity contribution in [2.45, 2.75) is 4.90 Å². The Morgan fingerprint density at radius 1 is 1.19 bits per heavy atom. The molecule has 0 N–H and O–H groups in total. The zero-order chi connectivity index (χ0) is 15.0. The normalized spacial score (nSPS) is 11.7. The molecule has 3 rings (SSSR count). The van der Waals surface area contributed by atoms with E-state index in [2.05, 4.69) is 20.9 Å². The van der Waals surface area contributed by atoms with Crippen LogP contribution in [0.5, 0.6) is 5.75 Å². The van der Waals surface area contributed by atoms with Crippen LogP contribution in [0, 0.1) is 0 Å². The van der Waals surface area contributed by atoms with Gasteiger partial charge < -0.3 is 4.74 Å². The maximum atomic E-state index is 12.7. The van der Waals surface area contributed by atoms with E-state index in [0.29, 0.717) is 21.1 Å². The van der Waals surface area contributed by atoms with Crippen molar-refractivity contribution in [2.24, 2.45) is 0 Å². The van der Waals surface area contributed by atoms with Gasteiger partial charge in [-0.15, -0.1) is 0 Å². The lowest BCUT2D eigenvalue weighted by Crippen LogP contribution is -2.11. The summed E-state index contributed by atoms with van der Waals surface area (Å²) in [5, 5.41) is 0.673. The highest BCUT2D eigenvalue weighted by molar-refractivity contribution is 9.10. The van der Waals surface area contributed by atoms with Gasteiger partial charge in [0.15, 0.2) is 0 Å². The second-order valence-corrected chi connectivity index (χ2v) is 7.00. The highest BCUT2D eigenvalue weighted by atomic mass is 79.9. The van der Waals surface area contributed by atoms with Gasteiger partial charge in [-0.2, -0.15) is 0 Å². The van der Waals surface area contributed by atoms with Crippen molar-refractivity contribution in [2.75, 3.05) is 7.11 Å². The maximum absolute atomic E-state index is 12.7. The first-order valence-corrected chi connectivity index (χ1v) is 8.28. The minimum Gasteiger partial charge on any atom is -0.494 e. The molecule has 0 aliphatic carbocycles. The number of halogens is 1. The second-order valence-electron chi connectivity index (χ2n) is 4.33. The van der Waals surface area contributed by atoms with E-state index in [1.807, 2.05) is 0 Å². The lowest BCUT2D eigenvalue weighted by Gasteiger charge is -2.07. The molecule has 0 fully saturated rings. The molecular weight excluding hydrogens is 356 g/mol. The number of rotatable bonds is 3. The first-order valence-electron chi connectivity index (χ1n) is 6.05. The summed E-state index contributed by atoms with van der Waals surface area (Å²) in [6, 6.07) is 8.26. The van der Waals surface area contributed by atoms with Crippen molar-refractivity contribution in [1.29, 1.82) is 0 Å². The van der Waals surface area contributed by atoms with Crippen LogP contribution in [0.15, 0.2) is 58.3 Å². The van der Waals surface area contributed by atoms with Gasteiger partial charge in [-0.1, -0.05) is 18.2 Å². The third-order valence-corrected chi connectivity index (χ3v) is 5.41. The van der Waals surface area contributed by atoms with Gasteiger partial charge >= 0.3 is 0 Å². The molecule has 1 aromatic carbocycles. The Morgan fingerprint density at radius 3 is 2.57 bits per heavy atom. The predicted molar refractivity (Wildman–Crippen MR) is 83.0 cm³/mol. The van der Waals surface area contributed by atoms with Gasteiger partial charge in [0.05, 0.1) is 35.3 Å². The molecule has 0 saturated carbocycles. The molecule has 5 nitrogen and oxygen atoms in total. The maximum Gasteiger partial charge on any atom is 0.268 e. The molecular formula is C14H11BrN2O3S. The molecule has 3 aromatic rings. The fourth-order valence-corrected chi connectivity index (χ4v) is 4.24. The molecule has 0 unspecified atom stereocenters. The van der Waals surface area contributed by atoms with Gasteiger partial charge in [0.1, 0.15) is 5.75 Å². The lowest BCUT2D eigenvalue weighted by molar-refractivity contribution is 0.418. The van der Waals surface area contributed by atoms with E-state index in [-0.39, 0.29) is 4.90 Å². The van der Waals surface area contributed by atoms with E-state index in [1.54, 1.807) is 36.5 Å². The van der Waals surface area contributed by atoms with E-state index in [0.717, 1.165) is 0 Å². The third kappa shape index (κ3) is 2.22. The molecule has 21 heavy (non-hydrogen) atoms. The van der Waals surface area contributed by atoms with Crippen LogP contribution in [-0.2, 0) is 10.0 Å². The van der Waals surface area contributed by atoms with Gasteiger partial charge in [-0.25, -0.2) is 12.4 Å². The first kappa shape index (κ1) is 14.1. The fourth-order valence-electron chi connectivity index (χ4n) is 2.13.